The van der Waals surface area contributed by atoms with E-state index in [4.69, 9.17) is 9.47 Å². The first-order valence-electron chi connectivity index (χ1n) is 7.15. The van der Waals surface area contributed by atoms with Crippen LogP contribution in [0.25, 0.3) is 0 Å². The highest BCUT2D eigenvalue weighted by molar-refractivity contribution is 5.74. The molecule has 0 aromatic rings. The largest absolute Gasteiger partial charge is 0.383 e. The van der Waals surface area contributed by atoms with Gasteiger partial charge in [0, 0.05) is 39.3 Å². The molecule has 6 heteroatoms. The average Bonchev–Trinajstić information content (AvgIpc) is 2.96. The molecular formula is C13H25N3O3. The number of urea groups is 1. The molecule has 2 rings (SSSR count). The Kier molecular flexibility index (Phi) is 5.88. The van der Waals surface area contributed by atoms with Crippen LogP contribution in [0.2, 0.25) is 0 Å². The van der Waals surface area contributed by atoms with E-state index in [0.717, 1.165) is 19.5 Å². The number of nitrogens with zero attached hydrogens (tertiary/aromatic N) is 2. The number of nitrogens with one attached hydrogen (secondary N) is 1. The molecule has 2 amide bonds. The fourth-order valence-corrected chi connectivity index (χ4v) is 2.60. The van der Waals surface area contributed by atoms with Gasteiger partial charge >= 0.3 is 6.03 Å². The summed E-state index contributed by atoms with van der Waals surface area (Å²) < 4.78 is 10.4. The maximum absolute atomic E-state index is 12.5. The van der Waals surface area contributed by atoms with E-state index in [1.54, 1.807) is 7.11 Å². The molecule has 0 aromatic carbocycles. The number of carbonyl (C=O) groups is 1. The van der Waals surface area contributed by atoms with E-state index in [1.807, 2.05) is 9.80 Å². The molecule has 0 bridgehead atoms. The second-order valence-electron chi connectivity index (χ2n) is 5.11. The van der Waals surface area contributed by atoms with Crippen LogP contribution >= 0.6 is 0 Å². The number of carbonyl (C=O) groups excluding carboxylic acids is 1. The van der Waals surface area contributed by atoms with Gasteiger partial charge < -0.3 is 24.6 Å². The molecule has 6 nitrogen and oxygen atoms in total. The molecule has 19 heavy (non-hydrogen) atoms. The number of methoxy groups -OCH3 is 1. The lowest BCUT2D eigenvalue weighted by Gasteiger charge is -2.34. The zero-order chi connectivity index (χ0) is 13.5. The highest BCUT2D eigenvalue weighted by Gasteiger charge is 2.26. The van der Waals surface area contributed by atoms with Crippen molar-refractivity contribution >= 4 is 6.03 Å². The number of hydrogen-bond acceptors (Lipinski definition) is 4. The minimum atomic E-state index is 0.119. The first-order valence-corrected chi connectivity index (χ1v) is 7.15. The third-order valence-corrected chi connectivity index (χ3v) is 3.72. The summed E-state index contributed by atoms with van der Waals surface area (Å²) in [4.78, 5) is 16.3. The maximum Gasteiger partial charge on any atom is 0.320 e. The highest BCUT2D eigenvalue weighted by atomic mass is 16.5. The lowest BCUT2D eigenvalue weighted by molar-refractivity contribution is 0.0400. The zero-order valence-corrected chi connectivity index (χ0v) is 11.8. The molecule has 0 spiro atoms. The van der Waals surface area contributed by atoms with Crippen molar-refractivity contribution in [2.45, 2.75) is 18.9 Å². The minimum absolute atomic E-state index is 0.119. The molecule has 0 saturated carbocycles. The van der Waals surface area contributed by atoms with Gasteiger partial charge in [0.05, 0.1) is 19.8 Å². The van der Waals surface area contributed by atoms with Crippen LogP contribution in [-0.2, 0) is 9.47 Å². The number of rotatable bonds is 5. The topological polar surface area (TPSA) is 54.0 Å². The van der Waals surface area contributed by atoms with Crippen LogP contribution in [0.15, 0.2) is 0 Å². The first-order chi connectivity index (χ1) is 9.31. The molecule has 2 heterocycles. The number of morpholine rings is 1. The lowest BCUT2D eigenvalue weighted by Crippen LogP contribution is -2.51. The van der Waals surface area contributed by atoms with Gasteiger partial charge in [-0.05, 0) is 19.4 Å². The SMILES string of the molecule is COCCN(CC1CCCN1)C(=O)N1CCOCC1. The Labute approximate surface area is 115 Å². The molecule has 2 saturated heterocycles. The van der Waals surface area contributed by atoms with Crippen molar-refractivity contribution in [1.29, 1.82) is 0 Å². The van der Waals surface area contributed by atoms with Crippen LogP contribution < -0.4 is 5.32 Å². The zero-order valence-electron chi connectivity index (χ0n) is 11.8. The van der Waals surface area contributed by atoms with E-state index in [0.29, 0.717) is 45.5 Å². The summed E-state index contributed by atoms with van der Waals surface area (Å²) >= 11 is 0. The molecule has 2 aliphatic heterocycles. The van der Waals surface area contributed by atoms with Crippen LogP contribution in [0.3, 0.4) is 0 Å². The van der Waals surface area contributed by atoms with Gasteiger partial charge in [0.2, 0.25) is 0 Å². The molecule has 110 valence electrons. The van der Waals surface area contributed by atoms with E-state index < -0.39 is 0 Å². The lowest BCUT2D eigenvalue weighted by atomic mass is 10.2. The van der Waals surface area contributed by atoms with Crippen molar-refractivity contribution in [3.05, 3.63) is 0 Å². The fourth-order valence-electron chi connectivity index (χ4n) is 2.60. The van der Waals surface area contributed by atoms with E-state index in [9.17, 15) is 4.79 Å². The molecule has 1 N–H and O–H groups in total. The van der Waals surface area contributed by atoms with E-state index in [2.05, 4.69) is 5.32 Å². The van der Waals surface area contributed by atoms with Crippen LogP contribution in [0.4, 0.5) is 4.79 Å². The Morgan fingerprint density at radius 3 is 2.89 bits per heavy atom. The van der Waals surface area contributed by atoms with Gasteiger partial charge in [-0.3, -0.25) is 0 Å². The van der Waals surface area contributed by atoms with Crippen molar-refractivity contribution in [2.75, 3.05) is 59.7 Å². The van der Waals surface area contributed by atoms with Crippen molar-refractivity contribution in [3.63, 3.8) is 0 Å². The quantitative estimate of drug-likeness (QED) is 0.773. The number of amides is 2. The molecule has 0 radical (unpaired) electrons. The normalized spacial score (nSPS) is 23.6. The van der Waals surface area contributed by atoms with Crippen LogP contribution in [0.5, 0.6) is 0 Å². The summed E-state index contributed by atoms with van der Waals surface area (Å²) in [5, 5.41) is 3.44. The average molecular weight is 271 g/mol. The fraction of sp³-hybridized carbons (Fsp3) is 0.923. The minimum Gasteiger partial charge on any atom is -0.383 e. The first kappa shape index (κ1) is 14.6. The monoisotopic (exact) mass is 271 g/mol. The molecule has 2 fully saturated rings. The van der Waals surface area contributed by atoms with E-state index in [1.165, 1.54) is 6.42 Å². The molecule has 1 atom stereocenters. The molecule has 0 aromatic heterocycles. The number of hydrogen-bond donors (Lipinski definition) is 1. The summed E-state index contributed by atoms with van der Waals surface area (Å²) in [5.41, 5.74) is 0. The van der Waals surface area contributed by atoms with Gasteiger partial charge in [0.15, 0.2) is 0 Å². The Morgan fingerprint density at radius 2 is 2.26 bits per heavy atom. The van der Waals surface area contributed by atoms with Crippen LogP contribution in [-0.4, -0.2) is 81.5 Å². The van der Waals surface area contributed by atoms with Gasteiger partial charge in [-0.15, -0.1) is 0 Å². The predicted octanol–water partition coefficient (Wildman–Crippen LogP) is 0.139. The molecule has 0 aliphatic carbocycles. The Hall–Kier alpha value is -0.850. The second-order valence-corrected chi connectivity index (χ2v) is 5.11. The van der Waals surface area contributed by atoms with Gasteiger partial charge in [0.25, 0.3) is 0 Å². The van der Waals surface area contributed by atoms with Gasteiger partial charge in [0.1, 0.15) is 0 Å². The van der Waals surface area contributed by atoms with E-state index >= 15 is 0 Å². The molecule has 1 unspecified atom stereocenters. The van der Waals surface area contributed by atoms with Crippen LogP contribution in [0, 0.1) is 0 Å². The van der Waals surface area contributed by atoms with Gasteiger partial charge in [-0.2, -0.15) is 0 Å². The highest BCUT2D eigenvalue weighted by Crippen LogP contribution is 2.10. The van der Waals surface area contributed by atoms with Crippen molar-refractivity contribution < 1.29 is 14.3 Å². The Morgan fingerprint density at radius 1 is 1.47 bits per heavy atom. The standard InChI is InChI=1S/C13H25N3O3/c1-18-8-5-16(11-12-3-2-4-14-12)13(17)15-6-9-19-10-7-15/h12,14H,2-11H2,1H3. The Balaban J connectivity index is 1.88. The summed E-state index contributed by atoms with van der Waals surface area (Å²) in [5.74, 6) is 0. The van der Waals surface area contributed by atoms with Crippen LogP contribution in [0.1, 0.15) is 12.8 Å². The van der Waals surface area contributed by atoms with Gasteiger partial charge in [-0.1, -0.05) is 0 Å². The maximum atomic E-state index is 12.5. The molecule has 2 aliphatic rings. The summed E-state index contributed by atoms with van der Waals surface area (Å²) in [6, 6.07) is 0.552. The summed E-state index contributed by atoms with van der Waals surface area (Å²) in [6.07, 6.45) is 2.36. The Bertz CT molecular complexity index is 276. The smallest absolute Gasteiger partial charge is 0.320 e. The van der Waals surface area contributed by atoms with E-state index in [-0.39, 0.29) is 6.03 Å². The second kappa shape index (κ2) is 7.67. The number of ether oxygens (including phenoxy) is 2. The van der Waals surface area contributed by atoms with Crippen molar-refractivity contribution in [2.24, 2.45) is 0 Å². The summed E-state index contributed by atoms with van der Waals surface area (Å²) in [6.45, 7) is 5.76. The predicted molar refractivity (Wildman–Crippen MR) is 72.3 cm³/mol. The third-order valence-electron chi connectivity index (χ3n) is 3.72. The van der Waals surface area contributed by atoms with Crippen molar-refractivity contribution in [3.8, 4) is 0 Å². The van der Waals surface area contributed by atoms with Gasteiger partial charge in [-0.25, -0.2) is 4.79 Å². The summed E-state index contributed by atoms with van der Waals surface area (Å²) in [7, 11) is 1.67. The molecular weight excluding hydrogens is 246 g/mol. The van der Waals surface area contributed by atoms with Crippen molar-refractivity contribution in [1.82, 2.24) is 15.1 Å². The third kappa shape index (κ3) is 4.33.